The van der Waals surface area contributed by atoms with Crippen molar-refractivity contribution >= 4 is 0 Å². The Morgan fingerprint density at radius 2 is 1.92 bits per heavy atom. The van der Waals surface area contributed by atoms with Crippen molar-refractivity contribution in [2.45, 2.75) is 51.7 Å². The van der Waals surface area contributed by atoms with Crippen molar-refractivity contribution in [1.82, 2.24) is 4.90 Å². The van der Waals surface area contributed by atoms with Crippen molar-refractivity contribution in [3.63, 3.8) is 0 Å². The molecule has 5 heteroatoms. The van der Waals surface area contributed by atoms with Crippen LogP contribution in [0, 0.1) is 24.7 Å². The van der Waals surface area contributed by atoms with Gasteiger partial charge in [-0.25, -0.2) is 8.78 Å². The summed E-state index contributed by atoms with van der Waals surface area (Å²) in [6.45, 7) is 10.3. The van der Waals surface area contributed by atoms with Crippen molar-refractivity contribution in [3.05, 3.63) is 108 Å². The van der Waals surface area contributed by atoms with E-state index < -0.39 is 5.92 Å². The molecule has 0 aromatic heterocycles. The van der Waals surface area contributed by atoms with E-state index in [-0.39, 0.29) is 20.6 Å². The first-order chi connectivity index (χ1) is 17.3. The summed E-state index contributed by atoms with van der Waals surface area (Å²) < 4.78 is 31.9. The van der Waals surface area contributed by atoms with E-state index in [1.807, 2.05) is 0 Å². The third kappa shape index (κ3) is 7.04. The number of rotatable bonds is 8. The van der Waals surface area contributed by atoms with Gasteiger partial charge in [-0.05, 0) is 42.9 Å². The first-order valence-electron chi connectivity index (χ1n) is 12.9. The Morgan fingerprint density at radius 1 is 1.22 bits per heavy atom. The summed E-state index contributed by atoms with van der Waals surface area (Å²) >= 11 is 0. The lowest BCUT2D eigenvalue weighted by molar-refractivity contribution is -0.0504. The summed E-state index contributed by atoms with van der Waals surface area (Å²) in [7, 11) is 0. The number of halogens is 2. The lowest BCUT2D eigenvalue weighted by Gasteiger charge is -2.40. The minimum absolute atomic E-state index is 0. The van der Waals surface area contributed by atoms with Gasteiger partial charge < -0.3 is 9.84 Å². The Morgan fingerprint density at radius 3 is 2.56 bits per heavy atom. The fourth-order valence-electron chi connectivity index (χ4n) is 5.06. The van der Waals surface area contributed by atoms with Crippen molar-refractivity contribution in [1.29, 1.82) is 0 Å². The number of hydrogen-bond acceptors (Lipinski definition) is 3. The van der Waals surface area contributed by atoms with Crippen LogP contribution in [0.4, 0.5) is 8.78 Å². The molecule has 36 heavy (non-hydrogen) atoms. The van der Waals surface area contributed by atoms with Crippen molar-refractivity contribution < 1.29 is 21.5 Å². The molecular formula is C31H41F2NO2. The molecule has 1 aromatic carbocycles. The van der Waals surface area contributed by atoms with Gasteiger partial charge in [-0.3, -0.25) is 4.90 Å². The van der Waals surface area contributed by atoms with Crippen LogP contribution < -0.4 is 0 Å². The van der Waals surface area contributed by atoms with Gasteiger partial charge in [-0.15, -0.1) is 0 Å². The number of fused-ring (bicyclic) bond motifs is 1. The zero-order valence-corrected chi connectivity index (χ0v) is 21.3. The van der Waals surface area contributed by atoms with Gasteiger partial charge in [0, 0.05) is 59.8 Å². The smallest absolute Gasteiger partial charge is 0.272 e. The number of nitrogens with zero attached hydrogens (tertiary/aromatic N) is 1. The van der Waals surface area contributed by atoms with Gasteiger partial charge in [0.25, 0.3) is 5.92 Å². The minimum atomic E-state index is -2.85. The van der Waals surface area contributed by atoms with Gasteiger partial charge in [0.2, 0.25) is 0 Å². The molecule has 0 saturated carbocycles. The maximum atomic E-state index is 12.8. The van der Waals surface area contributed by atoms with Crippen LogP contribution in [0.5, 0.6) is 0 Å². The van der Waals surface area contributed by atoms with Gasteiger partial charge in [-0.1, -0.05) is 73.2 Å². The summed E-state index contributed by atoms with van der Waals surface area (Å²) in [5.74, 6) is -1.51. The molecule has 2 radical (unpaired) electrons. The minimum Gasteiger partial charge on any atom is -0.513 e. The average Bonchev–Trinajstić information content (AvgIpc) is 3.77. The van der Waals surface area contributed by atoms with E-state index in [9.17, 15) is 8.78 Å². The standard InChI is InChI=1S/C21H23NO.C10H14F2O.2H2/c1-2-4-18-13-22(11-9-15(18)3-1)14-20-21(17-7-8-17)19(10-12-23-20)16-5-6-16;1-4-10(11,12)8(2)6-5-7-9(3)13;;/h1-8,19-21H,9-14H2;5-7,13H,2,4H2,1,3H3;2*1H/b;6-5-,9-7+;;/t19-,20+,21+;;;/m0.../s1. The first kappa shape index (κ1) is 26.6. The summed E-state index contributed by atoms with van der Waals surface area (Å²) in [5, 5.41) is 8.72. The van der Waals surface area contributed by atoms with E-state index in [0.29, 0.717) is 17.9 Å². The summed E-state index contributed by atoms with van der Waals surface area (Å²) in [4.78, 5) is 2.59. The highest BCUT2D eigenvalue weighted by atomic mass is 19.3. The highest BCUT2D eigenvalue weighted by molar-refractivity contribution is 5.48. The molecule has 4 aliphatic rings. The molecule has 0 unspecified atom stereocenters. The predicted molar refractivity (Wildman–Crippen MR) is 146 cm³/mol. The fourth-order valence-corrected chi connectivity index (χ4v) is 5.06. The Labute approximate surface area is 217 Å². The average molecular weight is 498 g/mol. The Hall–Kier alpha value is -2.50. The molecule has 1 saturated heterocycles. The van der Waals surface area contributed by atoms with Crippen LogP contribution in [0.25, 0.3) is 0 Å². The van der Waals surface area contributed by atoms with Crippen LogP contribution in [-0.4, -0.2) is 41.7 Å². The normalized spacial score (nSPS) is 25.9. The number of benzene rings is 1. The van der Waals surface area contributed by atoms with Crippen molar-refractivity contribution in [3.8, 4) is 0 Å². The molecule has 0 spiro atoms. The van der Waals surface area contributed by atoms with E-state index in [1.165, 1.54) is 61.6 Å². The van der Waals surface area contributed by atoms with Crippen molar-refractivity contribution in [2.24, 2.45) is 11.8 Å². The second kappa shape index (κ2) is 11.7. The number of aliphatic hydroxyl groups excluding tert-OH is 1. The van der Waals surface area contributed by atoms with E-state index >= 15 is 0 Å². The summed E-state index contributed by atoms with van der Waals surface area (Å²) in [6, 6.07) is 8.89. The topological polar surface area (TPSA) is 32.7 Å². The Kier molecular flexibility index (Phi) is 8.63. The predicted octanol–water partition coefficient (Wildman–Crippen LogP) is 7.45. The molecule has 196 valence electrons. The second-order valence-corrected chi connectivity index (χ2v) is 10.0. The third-order valence-electron chi connectivity index (χ3n) is 7.32. The Balaban J connectivity index is 0.000000296. The monoisotopic (exact) mass is 497 g/mol. The van der Waals surface area contributed by atoms with Crippen LogP contribution >= 0.6 is 0 Å². The van der Waals surface area contributed by atoms with Gasteiger partial charge in [0.15, 0.2) is 0 Å². The number of alkyl halides is 2. The highest BCUT2D eigenvalue weighted by Gasteiger charge is 2.42. The highest BCUT2D eigenvalue weighted by Crippen LogP contribution is 2.47. The molecule has 1 N–H and O–H groups in total. The molecule has 0 bridgehead atoms. The molecular weight excluding hydrogens is 456 g/mol. The SMILES string of the molecule is C=C(/C=C\C=C(/C)O)C(F)(F)CC.[CH]1C=C1[C@H]1[C@@H](CN2CCc3ccccc3C2)OCC[C@H]1C1=C[CH]1.[HH].[HH]. The molecule has 1 fully saturated rings. The largest absolute Gasteiger partial charge is 0.513 e. The Bertz CT molecular complexity index is 1080. The first-order valence-corrected chi connectivity index (χ1v) is 12.9. The van der Waals surface area contributed by atoms with E-state index in [2.05, 4.69) is 60.7 Å². The maximum Gasteiger partial charge on any atom is 0.272 e. The van der Waals surface area contributed by atoms with Crippen molar-refractivity contribution in [2.75, 3.05) is 19.7 Å². The van der Waals surface area contributed by atoms with E-state index in [4.69, 9.17) is 9.84 Å². The molecule has 3 atom stereocenters. The second-order valence-electron chi connectivity index (χ2n) is 10.0. The lowest BCUT2D eigenvalue weighted by Crippen LogP contribution is -2.45. The fraction of sp³-hybridized carbons (Fsp3) is 0.419. The van der Waals surface area contributed by atoms with Crippen LogP contribution in [0.3, 0.4) is 0 Å². The summed E-state index contributed by atoms with van der Waals surface area (Å²) in [6.07, 6.45) is 15.5. The van der Waals surface area contributed by atoms with Crippen LogP contribution in [0.1, 0.15) is 40.7 Å². The maximum absolute atomic E-state index is 12.8. The van der Waals surface area contributed by atoms with Crippen LogP contribution in [-0.2, 0) is 17.7 Å². The van der Waals surface area contributed by atoms with Crippen LogP contribution in [0.15, 0.2) is 83.7 Å². The van der Waals surface area contributed by atoms with Gasteiger partial charge in [0.1, 0.15) is 0 Å². The molecule has 3 nitrogen and oxygen atoms in total. The van der Waals surface area contributed by atoms with Gasteiger partial charge in [0.05, 0.1) is 11.9 Å². The van der Waals surface area contributed by atoms with Gasteiger partial charge >= 0.3 is 0 Å². The van der Waals surface area contributed by atoms with E-state index in [0.717, 1.165) is 26.2 Å². The molecule has 2 aliphatic carbocycles. The van der Waals surface area contributed by atoms with Gasteiger partial charge in [-0.2, -0.15) is 0 Å². The number of allylic oxidation sites excluding steroid dienone is 8. The number of hydrogen-bond donors (Lipinski definition) is 1. The molecule has 5 rings (SSSR count). The summed E-state index contributed by atoms with van der Waals surface area (Å²) in [5.41, 5.74) is 5.87. The quantitative estimate of drug-likeness (QED) is 0.299. The zero-order valence-electron chi connectivity index (χ0n) is 21.3. The molecule has 1 aromatic rings. The number of aliphatic hydroxyl groups is 1. The molecule has 2 heterocycles. The molecule has 0 amide bonds. The third-order valence-corrected chi connectivity index (χ3v) is 7.32. The molecule has 2 aliphatic heterocycles. The lowest BCUT2D eigenvalue weighted by atomic mass is 9.79. The number of ether oxygens (including phenoxy) is 1. The van der Waals surface area contributed by atoms with E-state index in [1.54, 1.807) is 5.57 Å². The zero-order chi connectivity index (χ0) is 25.7. The van der Waals surface area contributed by atoms with Crippen LogP contribution in [0.2, 0.25) is 0 Å².